The number of hydrogen-bond donors (Lipinski definition) is 1. The van der Waals surface area contributed by atoms with Crippen LogP contribution in [0.2, 0.25) is 0 Å². The smallest absolute Gasteiger partial charge is 0.277 e. The van der Waals surface area contributed by atoms with Crippen molar-refractivity contribution >= 4 is 15.7 Å². The molecular weight excluding hydrogens is 395 g/mol. The summed E-state index contributed by atoms with van der Waals surface area (Å²) >= 11 is 0. The summed E-state index contributed by atoms with van der Waals surface area (Å²) in [6.45, 7) is 0. The van der Waals surface area contributed by atoms with Gasteiger partial charge in [-0.05, 0) is 30.3 Å². The Morgan fingerprint density at radius 3 is 2.26 bits per heavy atom. The molecule has 6 nitrogen and oxygen atoms in total. The molecule has 27 heavy (non-hydrogen) atoms. The molecule has 0 amide bonds. The Labute approximate surface area is 149 Å². The van der Waals surface area contributed by atoms with Gasteiger partial charge in [-0.3, -0.25) is 4.72 Å². The number of rotatable bonds is 4. The molecule has 1 N–H and O–H groups in total. The molecule has 0 aliphatic carbocycles. The van der Waals surface area contributed by atoms with Crippen LogP contribution >= 0.6 is 0 Å². The van der Waals surface area contributed by atoms with Crippen molar-refractivity contribution in [2.45, 2.75) is 11.1 Å². The third-order valence-corrected chi connectivity index (χ3v) is 4.84. The molecule has 0 bridgehead atoms. The monoisotopic (exact) mass is 404 g/mol. The van der Waals surface area contributed by atoms with E-state index in [0.717, 1.165) is 29.5 Å². The van der Waals surface area contributed by atoms with E-state index in [-0.39, 0.29) is 5.69 Å². The number of nitrogens with one attached hydrogen (secondary N) is 1. The molecule has 3 rings (SSSR count). The second-order valence-electron chi connectivity index (χ2n) is 5.23. The summed E-state index contributed by atoms with van der Waals surface area (Å²) < 4.78 is 94.2. The fourth-order valence-electron chi connectivity index (χ4n) is 2.26. The Morgan fingerprint density at radius 1 is 1.04 bits per heavy atom. The van der Waals surface area contributed by atoms with Crippen molar-refractivity contribution in [3.8, 4) is 5.69 Å². The van der Waals surface area contributed by atoms with Crippen molar-refractivity contribution in [3.63, 3.8) is 0 Å². The van der Waals surface area contributed by atoms with Crippen LogP contribution in [0.15, 0.2) is 53.9 Å². The van der Waals surface area contributed by atoms with Crippen molar-refractivity contribution in [1.82, 2.24) is 14.8 Å². The van der Waals surface area contributed by atoms with E-state index in [1.54, 1.807) is 4.72 Å². The first-order chi connectivity index (χ1) is 12.6. The van der Waals surface area contributed by atoms with Gasteiger partial charge in [-0.15, -0.1) is 0 Å². The van der Waals surface area contributed by atoms with Crippen LogP contribution in [0.25, 0.3) is 5.69 Å². The van der Waals surface area contributed by atoms with E-state index in [1.807, 2.05) is 0 Å². The van der Waals surface area contributed by atoms with Crippen LogP contribution in [0, 0.1) is 11.6 Å². The van der Waals surface area contributed by atoms with E-state index < -0.39 is 44.0 Å². The van der Waals surface area contributed by atoms with Gasteiger partial charge < -0.3 is 0 Å². The van der Waals surface area contributed by atoms with Gasteiger partial charge >= 0.3 is 6.18 Å². The second kappa shape index (κ2) is 6.61. The normalized spacial score (nSPS) is 12.2. The van der Waals surface area contributed by atoms with Crippen LogP contribution in [0.4, 0.5) is 27.6 Å². The number of alkyl halides is 3. The molecule has 0 unspecified atom stereocenters. The molecule has 0 aliphatic rings. The van der Waals surface area contributed by atoms with Gasteiger partial charge in [-0.2, -0.15) is 18.3 Å². The fraction of sp³-hybridized carbons (Fsp3) is 0.0667. The van der Waals surface area contributed by atoms with Crippen LogP contribution in [0.3, 0.4) is 0 Å². The molecule has 0 radical (unpaired) electrons. The van der Waals surface area contributed by atoms with Gasteiger partial charge in [-0.1, -0.05) is 6.07 Å². The van der Waals surface area contributed by atoms with Crippen LogP contribution in [-0.4, -0.2) is 23.2 Å². The first-order valence-electron chi connectivity index (χ1n) is 7.12. The largest absolute Gasteiger partial charge is 0.416 e. The van der Waals surface area contributed by atoms with Crippen LogP contribution in [-0.2, 0) is 16.2 Å². The minimum atomic E-state index is -4.88. The molecule has 2 aromatic carbocycles. The standard InChI is InChI=1S/C15H9F5N4O2S/c16-10-2-1-3-11(17)14(10)27(25,26)23-12-6-9(15(18,19)20)4-5-13(12)24-8-21-7-22-24/h1-8,23H. The molecule has 0 spiro atoms. The zero-order valence-electron chi connectivity index (χ0n) is 13.1. The second-order valence-corrected chi connectivity index (χ2v) is 6.85. The topological polar surface area (TPSA) is 76.9 Å². The number of halogens is 5. The van der Waals surface area contributed by atoms with Crippen molar-refractivity contribution < 1.29 is 30.4 Å². The lowest BCUT2D eigenvalue weighted by Gasteiger charge is -2.16. The van der Waals surface area contributed by atoms with E-state index in [0.29, 0.717) is 24.3 Å². The Bertz CT molecular complexity index is 1060. The molecule has 0 atom stereocenters. The van der Waals surface area contributed by atoms with Crippen molar-refractivity contribution in [3.05, 3.63) is 66.3 Å². The number of aromatic nitrogens is 3. The minimum Gasteiger partial charge on any atom is -0.277 e. The van der Waals surface area contributed by atoms with Crippen LogP contribution in [0.1, 0.15) is 5.56 Å². The van der Waals surface area contributed by atoms with Gasteiger partial charge in [0.05, 0.1) is 16.9 Å². The van der Waals surface area contributed by atoms with Gasteiger partial charge in [0.15, 0.2) is 4.90 Å². The number of nitrogens with zero attached hydrogens (tertiary/aromatic N) is 3. The van der Waals surface area contributed by atoms with E-state index in [2.05, 4.69) is 10.1 Å². The summed E-state index contributed by atoms with van der Waals surface area (Å²) in [5, 5.41) is 3.72. The fourth-order valence-corrected chi connectivity index (χ4v) is 3.47. The summed E-state index contributed by atoms with van der Waals surface area (Å²) in [7, 11) is -4.88. The van der Waals surface area contributed by atoms with Crippen LogP contribution in [0.5, 0.6) is 0 Å². The first-order valence-corrected chi connectivity index (χ1v) is 8.61. The number of sulfonamides is 1. The predicted octanol–water partition coefficient (Wildman–Crippen LogP) is 3.37. The van der Waals surface area contributed by atoms with Gasteiger partial charge in [0.1, 0.15) is 24.3 Å². The van der Waals surface area contributed by atoms with Crippen molar-refractivity contribution in [2.75, 3.05) is 4.72 Å². The molecule has 142 valence electrons. The van der Waals surface area contributed by atoms with Crippen molar-refractivity contribution in [2.24, 2.45) is 0 Å². The average Bonchev–Trinajstić information content (AvgIpc) is 3.07. The van der Waals surface area contributed by atoms with Gasteiger partial charge in [0.25, 0.3) is 10.0 Å². The van der Waals surface area contributed by atoms with Gasteiger partial charge in [0, 0.05) is 0 Å². The number of anilines is 1. The summed E-state index contributed by atoms with van der Waals surface area (Å²) in [4.78, 5) is 2.31. The maximum atomic E-state index is 13.8. The zero-order chi connectivity index (χ0) is 19.8. The van der Waals surface area contributed by atoms with E-state index >= 15 is 0 Å². The van der Waals surface area contributed by atoms with Gasteiger partial charge in [0.2, 0.25) is 0 Å². The molecule has 3 aromatic rings. The molecule has 0 saturated heterocycles. The third-order valence-electron chi connectivity index (χ3n) is 3.42. The SMILES string of the molecule is O=S(=O)(Nc1cc(C(F)(F)F)ccc1-n1cncn1)c1c(F)cccc1F. The molecule has 0 saturated carbocycles. The highest BCUT2D eigenvalue weighted by atomic mass is 32.2. The Kier molecular flexibility index (Phi) is 4.59. The van der Waals surface area contributed by atoms with Crippen LogP contribution < -0.4 is 4.72 Å². The Morgan fingerprint density at radius 2 is 1.70 bits per heavy atom. The zero-order valence-corrected chi connectivity index (χ0v) is 13.9. The lowest BCUT2D eigenvalue weighted by Crippen LogP contribution is -2.18. The minimum absolute atomic E-state index is 0.124. The van der Waals surface area contributed by atoms with Gasteiger partial charge in [-0.25, -0.2) is 26.9 Å². The maximum Gasteiger partial charge on any atom is 0.416 e. The average molecular weight is 404 g/mol. The van der Waals surface area contributed by atoms with E-state index in [4.69, 9.17) is 0 Å². The maximum absolute atomic E-state index is 13.8. The quantitative estimate of drug-likeness (QED) is 0.677. The molecule has 12 heteroatoms. The third kappa shape index (κ3) is 3.74. The lowest BCUT2D eigenvalue weighted by atomic mass is 10.1. The molecule has 0 fully saturated rings. The lowest BCUT2D eigenvalue weighted by molar-refractivity contribution is -0.137. The highest BCUT2D eigenvalue weighted by molar-refractivity contribution is 7.92. The molecule has 1 aromatic heterocycles. The molecule has 1 heterocycles. The van der Waals surface area contributed by atoms with E-state index in [9.17, 15) is 30.4 Å². The summed E-state index contributed by atoms with van der Waals surface area (Å²) in [6, 6.07) is 4.53. The highest BCUT2D eigenvalue weighted by Gasteiger charge is 2.32. The summed E-state index contributed by atoms with van der Waals surface area (Å²) in [6.07, 6.45) is -2.58. The summed E-state index contributed by atoms with van der Waals surface area (Å²) in [5.74, 6) is -2.78. The van der Waals surface area contributed by atoms with Crippen molar-refractivity contribution in [1.29, 1.82) is 0 Å². The summed E-state index contributed by atoms with van der Waals surface area (Å²) in [5.41, 5.74) is -1.88. The number of benzene rings is 2. The molecule has 0 aliphatic heterocycles. The highest BCUT2D eigenvalue weighted by Crippen LogP contribution is 2.34. The van der Waals surface area contributed by atoms with E-state index in [1.165, 1.54) is 0 Å². The first kappa shape index (κ1) is 18.8. The Balaban J connectivity index is 2.15. The number of hydrogen-bond acceptors (Lipinski definition) is 4. The Hall–Kier alpha value is -3.02. The molecular formula is C15H9F5N4O2S. The predicted molar refractivity (Wildman–Crippen MR) is 83.5 cm³/mol.